The predicted molar refractivity (Wildman–Crippen MR) is 70.6 cm³/mol. The van der Waals surface area contributed by atoms with Gasteiger partial charge in [-0.2, -0.15) is 0 Å². The zero-order valence-corrected chi connectivity index (χ0v) is 10.9. The number of nitrogens with one attached hydrogen (secondary N) is 1. The molecule has 0 bridgehead atoms. The van der Waals surface area contributed by atoms with Crippen LogP contribution in [0.5, 0.6) is 11.5 Å². The summed E-state index contributed by atoms with van der Waals surface area (Å²) in [6.45, 7) is 0.303. The van der Waals surface area contributed by atoms with Gasteiger partial charge in [0.15, 0.2) is 11.5 Å². The van der Waals surface area contributed by atoms with Gasteiger partial charge < -0.3 is 20.6 Å². The van der Waals surface area contributed by atoms with Gasteiger partial charge in [-0.05, 0) is 37.0 Å². The van der Waals surface area contributed by atoms with Crippen molar-refractivity contribution in [1.82, 2.24) is 5.32 Å². The lowest BCUT2D eigenvalue weighted by atomic mass is 9.96. The Labute approximate surface area is 116 Å². The first-order chi connectivity index (χ1) is 9.49. The molecule has 2 unspecified atom stereocenters. The lowest BCUT2D eigenvalue weighted by molar-refractivity contribution is -0.142. The van der Waals surface area contributed by atoms with Gasteiger partial charge in [-0.1, -0.05) is 6.42 Å². The summed E-state index contributed by atoms with van der Waals surface area (Å²) in [6, 6.07) is 3.81. The summed E-state index contributed by atoms with van der Waals surface area (Å²) in [4.78, 5) is 22.9. The number of phenols is 2. The summed E-state index contributed by atoms with van der Waals surface area (Å²) >= 11 is 0. The Hall–Kier alpha value is -2.24. The molecular weight excluding hydrogens is 262 g/mol. The maximum Gasteiger partial charge on any atom is 0.306 e. The van der Waals surface area contributed by atoms with Gasteiger partial charge in [0.2, 0.25) is 0 Å². The molecule has 1 aromatic carbocycles. The maximum atomic E-state index is 11.9. The van der Waals surface area contributed by atoms with Crippen LogP contribution in [-0.4, -0.2) is 33.7 Å². The van der Waals surface area contributed by atoms with Crippen LogP contribution in [0.3, 0.4) is 0 Å². The molecule has 2 atom stereocenters. The molecule has 2 rings (SSSR count). The molecule has 0 spiro atoms. The molecule has 1 aliphatic rings. The number of hydrogen-bond donors (Lipinski definition) is 4. The molecule has 0 aliphatic heterocycles. The number of phenolic OH excluding ortho intramolecular Hbond substituents is 2. The molecule has 108 valence electrons. The lowest BCUT2D eigenvalue weighted by Crippen LogP contribution is -2.33. The van der Waals surface area contributed by atoms with E-state index in [-0.39, 0.29) is 23.0 Å². The van der Waals surface area contributed by atoms with E-state index in [9.17, 15) is 19.8 Å². The number of carbonyl (C=O) groups excluding carboxylic acids is 1. The van der Waals surface area contributed by atoms with Crippen LogP contribution < -0.4 is 5.32 Å². The second-order valence-corrected chi connectivity index (χ2v) is 5.05. The van der Waals surface area contributed by atoms with Crippen molar-refractivity contribution in [2.45, 2.75) is 19.3 Å². The van der Waals surface area contributed by atoms with Crippen molar-refractivity contribution in [3.8, 4) is 11.5 Å². The van der Waals surface area contributed by atoms with E-state index >= 15 is 0 Å². The fraction of sp³-hybridized carbons (Fsp3) is 0.429. The molecule has 1 fully saturated rings. The molecule has 1 aliphatic carbocycles. The third-order valence-corrected chi connectivity index (χ3v) is 3.74. The van der Waals surface area contributed by atoms with Gasteiger partial charge in [-0.15, -0.1) is 0 Å². The summed E-state index contributed by atoms with van der Waals surface area (Å²) in [7, 11) is 0. The smallest absolute Gasteiger partial charge is 0.306 e. The summed E-state index contributed by atoms with van der Waals surface area (Å²) in [5, 5.41) is 30.2. The third-order valence-electron chi connectivity index (χ3n) is 3.74. The molecular formula is C14H17NO5. The molecule has 20 heavy (non-hydrogen) atoms. The van der Waals surface area contributed by atoms with E-state index in [2.05, 4.69) is 5.32 Å². The Morgan fingerprint density at radius 1 is 1.20 bits per heavy atom. The van der Waals surface area contributed by atoms with Crippen molar-refractivity contribution < 1.29 is 24.9 Å². The Morgan fingerprint density at radius 2 is 1.95 bits per heavy atom. The first kappa shape index (κ1) is 14.2. The van der Waals surface area contributed by atoms with Crippen molar-refractivity contribution in [2.75, 3.05) is 6.54 Å². The second-order valence-electron chi connectivity index (χ2n) is 5.05. The van der Waals surface area contributed by atoms with Crippen molar-refractivity contribution in [1.29, 1.82) is 0 Å². The fourth-order valence-corrected chi connectivity index (χ4v) is 2.60. The minimum Gasteiger partial charge on any atom is -0.504 e. The number of amides is 1. The highest BCUT2D eigenvalue weighted by Crippen LogP contribution is 2.31. The van der Waals surface area contributed by atoms with Crippen LogP contribution in [0, 0.1) is 11.8 Å². The van der Waals surface area contributed by atoms with Gasteiger partial charge in [0.1, 0.15) is 0 Å². The average molecular weight is 279 g/mol. The van der Waals surface area contributed by atoms with Crippen LogP contribution in [0.4, 0.5) is 0 Å². The molecule has 6 heteroatoms. The molecule has 0 radical (unpaired) electrons. The van der Waals surface area contributed by atoms with Crippen LogP contribution in [-0.2, 0) is 4.79 Å². The predicted octanol–water partition coefficient (Wildman–Crippen LogP) is 1.33. The monoisotopic (exact) mass is 279 g/mol. The molecule has 1 amide bonds. The number of benzene rings is 1. The molecule has 1 aromatic rings. The lowest BCUT2D eigenvalue weighted by Gasteiger charge is -2.16. The Kier molecular flexibility index (Phi) is 4.12. The van der Waals surface area contributed by atoms with E-state index in [1.165, 1.54) is 18.2 Å². The van der Waals surface area contributed by atoms with E-state index in [0.717, 1.165) is 12.8 Å². The Morgan fingerprint density at radius 3 is 2.60 bits per heavy atom. The van der Waals surface area contributed by atoms with Crippen LogP contribution in [0.15, 0.2) is 18.2 Å². The summed E-state index contributed by atoms with van der Waals surface area (Å²) in [6.07, 6.45) is 2.30. The highest BCUT2D eigenvalue weighted by molar-refractivity contribution is 5.94. The number of carboxylic acids is 1. The summed E-state index contributed by atoms with van der Waals surface area (Å²) in [5.74, 6) is -2.31. The Bertz CT molecular complexity index is 528. The van der Waals surface area contributed by atoms with Crippen molar-refractivity contribution in [2.24, 2.45) is 11.8 Å². The summed E-state index contributed by atoms with van der Waals surface area (Å²) < 4.78 is 0. The largest absolute Gasteiger partial charge is 0.504 e. The number of rotatable bonds is 4. The molecule has 0 aromatic heterocycles. The minimum absolute atomic E-state index is 0.0536. The quantitative estimate of drug-likeness (QED) is 0.622. The van der Waals surface area contributed by atoms with E-state index in [0.29, 0.717) is 13.0 Å². The molecule has 0 heterocycles. The first-order valence-electron chi connectivity index (χ1n) is 6.52. The van der Waals surface area contributed by atoms with Crippen LogP contribution in [0.1, 0.15) is 29.6 Å². The Balaban J connectivity index is 1.95. The third kappa shape index (κ3) is 3.01. The molecule has 1 saturated carbocycles. The number of aliphatic carboxylic acids is 1. The molecule has 0 saturated heterocycles. The van der Waals surface area contributed by atoms with E-state index in [1.54, 1.807) is 0 Å². The topological polar surface area (TPSA) is 107 Å². The normalized spacial score (nSPS) is 21.6. The number of carboxylic acid groups (broad SMARTS) is 1. The second kappa shape index (κ2) is 5.81. The van der Waals surface area contributed by atoms with Crippen molar-refractivity contribution in [3.63, 3.8) is 0 Å². The first-order valence-corrected chi connectivity index (χ1v) is 6.52. The number of aromatic hydroxyl groups is 2. The number of hydrogen-bond acceptors (Lipinski definition) is 4. The van der Waals surface area contributed by atoms with Crippen molar-refractivity contribution in [3.05, 3.63) is 23.8 Å². The standard InChI is InChI=1S/C14H17NO5/c16-11-5-4-8(6-12(11)17)13(18)15-7-9-2-1-3-10(9)14(19)20/h4-6,9-10,16-17H,1-3,7H2,(H,15,18)(H,19,20). The molecule has 6 nitrogen and oxygen atoms in total. The van der Waals surface area contributed by atoms with Crippen molar-refractivity contribution >= 4 is 11.9 Å². The highest BCUT2D eigenvalue weighted by Gasteiger charge is 2.32. The van der Waals surface area contributed by atoms with Gasteiger partial charge in [-0.3, -0.25) is 9.59 Å². The fourth-order valence-electron chi connectivity index (χ4n) is 2.60. The van der Waals surface area contributed by atoms with Crippen LogP contribution >= 0.6 is 0 Å². The van der Waals surface area contributed by atoms with Gasteiger partial charge in [0.25, 0.3) is 5.91 Å². The average Bonchev–Trinajstić information content (AvgIpc) is 2.87. The van der Waals surface area contributed by atoms with E-state index in [1.807, 2.05) is 0 Å². The van der Waals surface area contributed by atoms with E-state index in [4.69, 9.17) is 5.11 Å². The zero-order chi connectivity index (χ0) is 14.7. The van der Waals surface area contributed by atoms with Gasteiger partial charge in [0.05, 0.1) is 5.92 Å². The van der Waals surface area contributed by atoms with Crippen LogP contribution in [0.2, 0.25) is 0 Å². The van der Waals surface area contributed by atoms with Gasteiger partial charge in [-0.25, -0.2) is 0 Å². The highest BCUT2D eigenvalue weighted by atomic mass is 16.4. The van der Waals surface area contributed by atoms with E-state index < -0.39 is 17.8 Å². The van der Waals surface area contributed by atoms with Gasteiger partial charge >= 0.3 is 5.97 Å². The van der Waals surface area contributed by atoms with Gasteiger partial charge in [0, 0.05) is 12.1 Å². The maximum absolute atomic E-state index is 11.9. The number of carbonyl (C=O) groups is 2. The summed E-state index contributed by atoms with van der Waals surface area (Å²) in [5.41, 5.74) is 0.227. The zero-order valence-electron chi connectivity index (χ0n) is 10.9. The van der Waals surface area contributed by atoms with Crippen LogP contribution in [0.25, 0.3) is 0 Å². The SMILES string of the molecule is O=C(NCC1CCCC1C(=O)O)c1ccc(O)c(O)c1. The minimum atomic E-state index is -0.816. The molecule has 4 N–H and O–H groups in total.